The Morgan fingerprint density at radius 1 is 1.11 bits per heavy atom. The van der Waals surface area contributed by atoms with Crippen molar-refractivity contribution in [3.05, 3.63) is 0 Å². The molecular formula is C21H37NO5. The molecule has 1 heterocycles. The third-order valence-electron chi connectivity index (χ3n) is 5.21. The van der Waals surface area contributed by atoms with E-state index in [1.807, 2.05) is 6.92 Å². The number of rotatable bonds is 17. The van der Waals surface area contributed by atoms with E-state index in [1.54, 1.807) is 0 Å². The van der Waals surface area contributed by atoms with Crippen LogP contribution >= 0.6 is 0 Å². The second-order valence-electron chi connectivity index (χ2n) is 7.45. The second kappa shape index (κ2) is 14.5. The normalized spacial score (nSPS) is 19.7. The summed E-state index contributed by atoms with van der Waals surface area (Å²) in [5.41, 5.74) is 0. The molecule has 1 amide bonds. The minimum Gasteiger partial charge on any atom is -0.461 e. The Morgan fingerprint density at radius 3 is 2.30 bits per heavy atom. The van der Waals surface area contributed by atoms with Crippen molar-refractivity contribution < 1.29 is 23.9 Å². The topological polar surface area (TPSA) is 81.7 Å². The minimum absolute atomic E-state index is 0.0811. The van der Waals surface area contributed by atoms with Crippen LogP contribution in [-0.2, 0) is 23.9 Å². The molecule has 0 spiro atoms. The zero-order valence-corrected chi connectivity index (χ0v) is 17.0. The lowest BCUT2D eigenvalue weighted by atomic mass is 9.89. The molecule has 1 aliphatic rings. The van der Waals surface area contributed by atoms with Crippen molar-refractivity contribution >= 4 is 18.3 Å². The molecule has 1 aliphatic heterocycles. The van der Waals surface area contributed by atoms with Gasteiger partial charge in [-0.1, -0.05) is 65.2 Å². The predicted octanol–water partition coefficient (Wildman–Crippen LogP) is 3.91. The Kier molecular flexibility index (Phi) is 12.6. The van der Waals surface area contributed by atoms with E-state index in [0.717, 1.165) is 25.7 Å². The van der Waals surface area contributed by atoms with Crippen LogP contribution in [0.2, 0.25) is 0 Å². The van der Waals surface area contributed by atoms with Crippen LogP contribution in [0.15, 0.2) is 0 Å². The number of hydrogen-bond acceptors (Lipinski definition) is 5. The van der Waals surface area contributed by atoms with Gasteiger partial charge in [0.1, 0.15) is 18.8 Å². The predicted molar refractivity (Wildman–Crippen MR) is 104 cm³/mol. The van der Waals surface area contributed by atoms with Crippen LogP contribution < -0.4 is 5.32 Å². The fourth-order valence-corrected chi connectivity index (χ4v) is 3.56. The van der Waals surface area contributed by atoms with Gasteiger partial charge in [0.15, 0.2) is 0 Å². The molecule has 27 heavy (non-hydrogen) atoms. The van der Waals surface area contributed by atoms with E-state index < -0.39 is 5.97 Å². The molecular weight excluding hydrogens is 346 g/mol. The van der Waals surface area contributed by atoms with Crippen molar-refractivity contribution in [3.8, 4) is 0 Å². The van der Waals surface area contributed by atoms with E-state index in [0.29, 0.717) is 12.8 Å². The Hall–Kier alpha value is -1.59. The molecule has 0 aliphatic carbocycles. The standard InChI is InChI=1S/C21H37NO5/c1-3-5-6-7-8-9-10-11-12-13-17(26-20(24)15-22-16-23)14-19-18(4-2)21(25)27-19/h16-19H,3-15H2,1-2H3,(H,22,23)/t17-,18-,19-/m0/s1. The lowest BCUT2D eigenvalue weighted by Gasteiger charge is -2.36. The summed E-state index contributed by atoms with van der Waals surface area (Å²) in [7, 11) is 0. The van der Waals surface area contributed by atoms with Crippen molar-refractivity contribution in [1.82, 2.24) is 5.32 Å². The van der Waals surface area contributed by atoms with Crippen LogP contribution in [0.1, 0.15) is 90.9 Å². The van der Waals surface area contributed by atoms with Crippen molar-refractivity contribution in [2.75, 3.05) is 6.54 Å². The largest absolute Gasteiger partial charge is 0.461 e. The second-order valence-corrected chi connectivity index (χ2v) is 7.45. The average molecular weight is 384 g/mol. The first kappa shape index (κ1) is 23.4. The molecule has 1 saturated heterocycles. The molecule has 0 aromatic carbocycles. The first-order chi connectivity index (χ1) is 13.1. The van der Waals surface area contributed by atoms with Gasteiger partial charge in [0, 0.05) is 6.42 Å². The van der Waals surface area contributed by atoms with Crippen molar-refractivity contribution in [2.24, 2.45) is 5.92 Å². The quantitative estimate of drug-likeness (QED) is 0.234. The summed E-state index contributed by atoms with van der Waals surface area (Å²) in [5.74, 6) is -0.678. The molecule has 0 bridgehead atoms. The number of esters is 2. The Labute approximate surface area is 163 Å². The number of ether oxygens (including phenoxy) is 2. The highest BCUT2D eigenvalue weighted by atomic mass is 16.6. The van der Waals surface area contributed by atoms with Gasteiger partial charge in [-0.15, -0.1) is 0 Å². The van der Waals surface area contributed by atoms with Crippen LogP contribution in [0.4, 0.5) is 0 Å². The van der Waals surface area contributed by atoms with E-state index in [2.05, 4.69) is 12.2 Å². The smallest absolute Gasteiger partial charge is 0.325 e. The molecule has 1 rings (SSSR count). The van der Waals surface area contributed by atoms with Crippen LogP contribution in [-0.4, -0.2) is 37.1 Å². The van der Waals surface area contributed by atoms with Gasteiger partial charge in [0.05, 0.1) is 5.92 Å². The maximum Gasteiger partial charge on any atom is 0.325 e. The number of amides is 1. The first-order valence-electron chi connectivity index (χ1n) is 10.7. The Bertz CT molecular complexity index is 440. The van der Waals surface area contributed by atoms with Gasteiger partial charge >= 0.3 is 11.9 Å². The van der Waals surface area contributed by atoms with E-state index >= 15 is 0 Å². The van der Waals surface area contributed by atoms with E-state index in [4.69, 9.17) is 9.47 Å². The fourth-order valence-electron chi connectivity index (χ4n) is 3.56. The average Bonchev–Trinajstić information content (AvgIpc) is 2.64. The molecule has 0 radical (unpaired) electrons. The summed E-state index contributed by atoms with van der Waals surface area (Å²) in [6.07, 6.45) is 13.3. The summed E-state index contributed by atoms with van der Waals surface area (Å²) in [5, 5.41) is 2.33. The Balaban J connectivity index is 2.28. The maximum absolute atomic E-state index is 11.8. The fraction of sp³-hybridized carbons (Fsp3) is 0.857. The van der Waals surface area contributed by atoms with Crippen molar-refractivity contribution in [3.63, 3.8) is 0 Å². The summed E-state index contributed by atoms with van der Waals surface area (Å²) < 4.78 is 10.7. The summed E-state index contributed by atoms with van der Waals surface area (Å²) >= 11 is 0. The van der Waals surface area contributed by atoms with Crippen LogP contribution in [0.25, 0.3) is 0 Å². The summed E-state index contributed by atoms with van der Waals surface area (Å²) in [6.45, 7) is 4.07. The van der Waals surface area contributed by atoms with Gasteiger partial charge < -0.3 is 14.8 Å². The number of cyclic esters (lactones) is 1. The van der Waals surface area contributed by atoms with Gasteiger partial charge in [-0.3, -0.25) is 14.4 Å². The van der Waals surface area contributed by atoms with Gasteiger partial charge in [0.25, 0.3) is 0 Å². The highest BCUT2D eigenvalue weighted by molar-refractivity contribution is 5.78. The summed E-state index contributed by atoms with van der Waals surface area (Å²) in [4.78, 5) is 33.6. The number of nitrogens with one attached hydrogen (secondary N) is 1. The number of carbonyl (C=O) groups is 3. The maximum atomic E-state index is 11.8. The molecule has 1 fully saturated rings. The molecule has 0 aromatic heterocycles. The third kappa shape index (κ3) is 9.78. The third-order valence-corrected chi connectivity index (χ3v) is 5.21. The van der Waals surface area contributed by atoms with Gasteiger partial charge in [-0.25, -0.2) is 0 Å². The lowest BCUT2D eigenvalue weighted by Crippen LogP contribution is -2.47. The number of hydrogen-bond donors (Lipinski definition) is 1. The molecule has 1 N–H and O–H groups in total. The Morgan fingerprint density at radius 2 is 1.74 bits per heavy atom. The molecule has 6 heteroatoms. The van der Waals surface area contributed by atoms with E-state index in [9.17, 15) is 14.4 Å². The van der Waals surface area contributed by atoms with Crippen molar-refractivity contribution in [1.29, 1.82) is 0 Å². The van der Waals surface area contributed by atoms with E-state index in [1.165, 1.54) is 44.9 Å². The van der Waals surface area contributed by atoms with Crippen LogP contribution in [0.5, 0.6) is 0 Å². The zero-order valence-electron chi connectivity index (χ0n) is 17.0. The first-order valence-corrected chi connectivity index (χ1v) is 10.7. The van der Waals surface area contributed by atoms with Crippen LogP contribution in [0.3, 0.4) is 0 Å². The molecule has 156 valence electrons. The molecule has 0 unspecified atom stereocenters. The number of carbonyl (C=O) groups excluding carboxylic acids is 3. The minimum atomic E-state index is -0.443. The highest BCUT2D eigenvalue weighted by Gasteiger charge is 2.42. The molecule has 0 aromatic rings. The number of unbranched alkanes of at least 4 members (excludes halogenated alkanes) is 8. The van der Waals surface area contributed by atoms with Gasteiger partial charge in [0.2, 0.25) is 6.41 Å². The zero-order chi connectivity index (χ0) is 19.9. The SMILES string of the molecule is CCCCCCCCCCC[C@@H](C[C@@H]1OC(=O)[C@H]1CC)OC(=O)CNC=O. The van der Waals surface area contributed by atoms with Crippen molar-refractivity contribution in [2.45, 2.75) is 103 Å². The monoisotopic (exact) mass is 383 g/mol. The lowest BCUT2D eigenvalue weighted by molar-refractivity contribution is -0.189. The molecule has 0 saturated carbocycles. The molecule has 3 atom stereocenters. The van der Waals surface area contributed by atoms with Gasteiger partial charge in [-0.05, 0) is 19.3 Å². The van der Waals surface area contributed by atoms with Gasteiger partial charge in [-0.2, -0.15) is 0 Å². The molecule has 6 nitrogen and oxygen atoms in total. The summed E-state index contributed by atoms with van der Waals surface area (Å²) in [6, 6.07) is 0. The van der Waals surface area contributed by atoms with Crippen LogP contribution in [0, 0.1) is 5.92 Å². The highest BCUT2D eigenvalue weighted by Crippen LogP contribution is 2.30. The van der Waals surface area contributed by atoms with E-state index in [-0.39, 0.29) is 30.6 Å².